The third-order valence-electron chi connectivity index (χ3n) is 7.34. The molecule has 14 nitrogen and oxygen atoms in total. The topological polar surface area (TPSA) is 170 Å². The van der Waals surface area contributed by atoms with E-state index in [1.54, 1.807) is 36.4 Å². The van der Waals surface area contributed by atoms with Crippen LogP contribution in [0.4, 0.5) is 11.4 Å². The van der Waals surface area contributed by atoms with E-state index in [1.807, 2.05) is 62.3 Å². The average Bonchev–Trinajstić information content (AvgIpc) is 3.06. The van der Waals surface area contributed by atoms with E-state index >= 15 is 0 Å². The van der Waals surface area contributed by atoms with Crippen LogP contribution in [0.5, 0.6) is 0 Å². The van der Waals surface area contributed by atoms with Crippen LogP contribution < -0.4 is 19.2 Å². The molecule has 4 aromatic rings. The molecule has 2 N–H and O–H groups in total. The van der Waals surface area contributed by atoms with E-state index in [2.05, 4.69) is 9.44 Å². The highest BCUT2D eigenvalue weighted by Crippen LogP contribution is 2.31. The fraction of sp³-hybridized carbons (Fsp3) is 0.353. The first kappa shape index (κ1) is 38.5. The van der Waals surface area contributed by atoms with E-state index in [1.165, 1.54) is 12.1 Å². The van der Waals surface area contributed by atoms with Gasteiger partial charge in [-0.05, 0) is 24.3 Å². The van der Waals surface area contributed by atoms with Crippen molar-refractivity contribution in [3.05, 3.63) is 72.8 Å². The van der Waals surface area contributed by atoms with Crippen molar-refractivity contribution in [2.45, 2.75) is 9.79 Å². The van der Waals surface area contributed by atoms with E-state index in [0.717, 1.165) is 22.1 Å². The lowest BCUT2D eigenvalue weighted by Gasteiger charge is -2.17. The molecule has 50 heavy (non-hydrogen) atoms. The van der Waals surface area contributed by atoms with Crippen LogP contribution in [0.25, 0.3) is 21.5 Å². The molecule has 4 aromatic carbocycles. The normalized spacial score (nSPS) is 11.8. The summed E-state index contributed by atoms with van der Waals surface area (Å²) in [5.74, 6) is -1.62. The number of benzene rings is 4. The van der Waals surface area contributed by atoms with Gasteiger partial charge in [0, 0.05) is 61.1 Å². The molecule has 0 aliphatic carbocycles. The Morgan fingerprint density at radius 3 is 1.18 bits per heavy atom. The number of nitrogens with zero attached hydrogens (tertiary/aromatic N) is 2. The van der Waals surface area contributed by atoms with E-state index in [4.69, 9.17) is 18.9 Å². The Hall–Kier alpha value is -4.32. The van der Waals surface area contributed by atoms with Crippen LogP contribution in [-0.2, 0) is 48.6 Å². The summed E-state index contributed by atoms with van der Waals surface area (Å²) < 4.78 is 77.2. The van der Waals surface area contributed by atoms with Crippen molar-refractivity contribution < 1.29 is 45.4 Å². The van der Waals surface area contributed by atoms with Crippen LogP contribution in [0.3, 0.4) is 0 Å². The van der Waals surface area contributed by atoms with Crippen LogP contribution in [0.1, 0.15) is 0 Å². The van der Waals surface area contributed by atoms with E-state index in [9.17, 15) is 26.4 Å². The minimum absolute atomic E-state index is 0.00668. The summed E-state index contributed by atoms with van der Waals surface area (Å²) in [6.07, 6.45) is 0. The second-order valence-electron chi connectivity index (χ2n) is 11.4. The fourth-order valence-electron chi connectivity index (χ4n) is 5.13. The quantitative estimate of drug-likeness (QED) is 0.136. The largest absolute Gasteiger partial charge is 0.377 e. The van der Waals surface area contributed by atoms with Crippen molar-refractivity contribution in [2.24, 2.45) is 0 Å². The maximum absolute atomic E-state index is 13.0. The van der Waals surface area contributed by atoms with Crippen LogP contribution in [0.15, 0.2) is 82.6 Å². The molecule has 0 unspecified atom stereocenters. The summed E-state index contributed by atoms with van der Waals surface area (Å²) in [4.78, 5) is 28.4. The van der Waals surface area contributed by atoms with Crippen LogP contribution in [-0.4, -0.2) is 110 Å². The van der Waals surface area contributed by atoms with Gasteiger partial charge in [-0.2, -0.15) is 0 Å². The van der Waals surface area contributed by atoms with Gasteiger partial charge in [0.05, 0.1) is 49.4 Å². The number of carbonyl (C=O) groups is 2. The molecule has 0 atom stereocenters. The number of fused-ring (bicyclic) bond motifs is 2. The summed E-state index contributed by atoms with van der Waals surface area (Å²) in [6.45, 7) is -0.166. The molecule has 0 spiro atoms. The van der Waals surface area contributed by atoms with Crippen molar-refractivity contribution in [3.63, 3.8) is 0 Å². The molecule has 0 bridgehead atoms. The Balaban J connectivity index is 1.07. The molecule has 0 radical (unpaired) electrons. The first-order valence-electron chi connectivity index (χ1n) is 15.6. The number of ether oxygens (including phenoxy) is 4. The van der Waals surface area contributed by atoms with Crippen molar-refractivity contribution in [1.29, 1.82) is 0 Å². The summed E-state index contributed by atoms with van der Waals surface area (Å²) in [6, 6.07) is 20.4. The number of hydrogen-bond acceptors (Lipinski definition) is 12. The Labute approximate surface area is 292 Å². The average molecular weight is 731 g/mol. The third-order valence-corrected chi connectivity index (χ3v) is 10.2. The van der Waals surface area contributed by atoms with Gasteiger partial charge in [0.2, 0.25) is 0 Å². The number of amides is 2. The number of sulfonamides is 2. The predicted molar refractivity (Wildman–Crippen MR) is 190 cm³/mol. The van der Waals surface area contributed by atoms with Gasteiger partial charge >= 0.3 is 0 Å². The third kappa shape index (κ3) is 10.1. The van der Waals surface area contributed by atoms with E-state index in [0.29, 0.717) is 10.8 Å². The molecule has 0 aliphatic heterocycles. The smallest absolute Gasteiger partial charge is 0.264 e. The van der Waals surface area contributed by atoms with Crippen molar-refractivity contribution in [2.75, 3.05) is 90.8 Å². The van der Waals surface area contributed by atoms with E-state index in [-0.39, 0.29) is 49.4 Å². The Kier molecular flexibility index (Phi) is 13.5. The zero-order chi connectivity index (χ0) is 36.3. The molecule has 0 aromatic heterocycles. The van der Waals surface area contributed by atoms with Crippen molar-refractivity contribution in [1.82, 2.24) is 9.44 Å². The number of hydrogen-bond donors (Lipinski definition) is 2. The summed E-state index contributed by atoms with van der Waals surface area (Å²) in [5.41, 5.74) is 1.69. The zero-order valence-electron chi connectivity index (χ0n) is 28.4. The Morgan fingerprint density at radius 2 is 0.820 bits per heavy atom. The number of anilines is 2. The maximum atomic E-state index is 13.0. The molecule has 270 valence electrons. The predicted octanol–water partition coefficient (Wildman–Crippen LogP) is 2.50. The monoisotopic (exact) mass is 730 g/mol. The summed E-state index contributed by atoms with van der Waals surface area (Å²) in [5, 5.41) is 2.47. The standard InChI is InChI=1S/C34H42N4O10S2/c1-37(2)29-13-5-11-27-25(29)9-7-15-31(27)49(41,42)35-33(39)23-47-21-19-45-17-18-46-20-22-48-24-34(40)36-50(43,44)32-16-8-10-26-28(32)12-6-14-30(26)38(3)4/h5-16H,17-24H2,1-4H3,(H,35,39)(H,36,40). The first-order valence-corrected chi connectivity index (χ1v) is 18.6. The van der Waals surface area contributed by atoms with Gasteiger partial charge in [0.15, 0.2) is 0 Å². The van der Waals surface area contributed by atoms with Gasteiger partial charge in [-0.25, -0.2) is 26.3 Å². The molecule has 4 rings (SSSR count). The van der Waals surface area contributed by atoms with Crippen LogP contribution in [0, 0.1) is 0 Å². The highest BCUT2D eigenvalue weighted by Gasteiger charge is 2.22. The molecular weight excluding hydrogens is 689 g/mol. The Bertz CT molecular complexity index is 1870. The molecule has 0 aliphatic rings. The Morgan fingerprint density at radius 1 is 0.500 bits per heavy atom. The highest BCUT2D eigenvalue weighted by molar-refractivity contribution is 7.90. The highest BCUT2D eigenvalue weighted by atomic mass is 32.2. The van der Waals surface area contributed by atoms with Gasteiger partial charge < -0.3 is 28.7 Å². The molecule has 0 heterocycles. The molecule has 16 heteroatoms. The van der Waals surface area contributed by atoms with Crippen LogP contribution in [0.2, 0.25) is 0 Å². The second-order valence-corrected chi connectivity index (χ2v) is 14.7. The van der Waals surface area contributed by atoms with Crippen molar-refractivity contribution in [3.8, 4) is 0 Å². The molecule has 2 amide bonds. The number of carbonyl (C=O) groups excluding carboxylic acids is 2. The summed E-state index contributed by atoms with van der Waals surface area (Å²) >= 11 is 0. The second kappa shape index (κ2) is 17.6. The molecule has 0 saturated heterocycles. The van der Waals surface area contributed by atoms with Crippen molar-refractivity contribution >= 4 is 64.8 Å². The lowest BCUT2D eigenvalue weighted by Crippen LogP contribution is -2.34. The fourth-order valence-corrected chi connectivity index (χ4v) is 7.52. The molecular formula is C34H42N4O10S2. The van der Waals surface area contributed by atoms with Gasteiger partial charge in [0.1, 0.15) is 13.2 Å². The number of rotatable bonds is 19. The maximum Gasteiger partial charge on any atom is 0.264 e. The lowest BCUT2D eigenvalue weighted by atomic mass is 10.1. The lowest BCUT2D eigenvalue weighted by molar-refractivity contribution is -0.125. The van der Waals surface area contributed by atoms with Gasteiger partial charge in [0.25, 0.3) is 31.9 Å². The first-order chi connectivity index (χ1) is 23.8. The minimum atomic E-state index is -4.14. The SMILES string of the molecule is CN(C)c1cccc2c(S(=O)(=O)NC(=O)COCCOCCOCCOCC(=O)NS(=O)(=O)c3cccc4c(N(C)C)cccc34)cccc12. The molecule has 0 fully saturated rings. The van der Waals surface area contributed by atoms with Crippen LogP contribution >= 0.6 is 0 Å². The van der Waals surface area contributed by atoms with E-state index < -0.39 is 45.1 Å². The van der Waals surface area contributed by atoms with Gasteiger partial charge in [-0.1, -0.05) is 48.5 Å². The molecule has 0 saturated carbocycles. The minimum Gasteiger partial charge on any atom is -0.377 e. The van der Waals surface area contributed by atoms with Gasteiger partial charge in [-0.15, -0.1) is 0 Å². The zero-order valence-corrected chi connectivity index (χ0v) is 30.0. The summed E-state index contributed by atoms with van der Waals surface area (Å²) in [7, 11) is -0.825. The number of nitrogens with one attached hydrogen (secondary N) is 2. The van der Waals surface area contributed by atoms with Gasteiger partial charge in [-0.3, -0.25) is 9.59 Å².